The van der Waals surface area contributed by atoms with Gasteiger partial charge in [0.15, 0.2) is 0 Å². The van der Waals surface area contributed by atoms with E-state index in [1.165, 1.54) is 24.3 Å². The fraction of sp³-hybridized carbons (Fsp3) is 0.318. The highest BCUT2D eigenvalue weighted by molar-refractivity contribution is 6.05. The predicted molar refractivity (Wildman–Crippen MR) is 113 cm³/mol. The van der Waals surface area contributed by atoms with Crippen molar-refractivity contribution in [2.24, 2.45) is 0 Å². The molecule has 2 aromatic carbocycles. The number of likely N-dealkylation sites (tertiary alicyclic amines) is 1. The number of urea groups is 1. The minimum atomic E-state index is -4.52. The highest BCUT2D eigenvalue weighted by Gasteiger charge is 2.30. The number of halogens is 3. The summed E-state index contributed by atoms with van der Waals surface area (Å²) in [6.07, 6.45) is -3.18. The second-order valence-corrected chi connectivity index (χ2v) is 7.56. The summed E-state index contributed by atoms with van der Waals surface area (Å²) in [5.41, 5.74) is -0.363. The second-order valence-electron chi connectivity index (χ2n) is 7.56. The maximum atomic E-state index is 12.8. The largest absolute Gasteiger partial charge is 0.416 e. The molecule has 1 fully saturated rings. The van der Waals surface area contributed by atoms with Gasteiger partial charge in [-0.3, -0.25) is 9.59 Å². The Kier molecular flexibility index (Phi) is 7.01. The van der Waals surface area contributed by atoms with Crippen LogP contribution in [0.1, 0.15) is 35.7 Å². The van der Waals surface area contributed by atoms with Crippen LogP contribution in [0.5, 0.6) is 0 Å². The van der Waals surface area contributed by atoms with Crippen molar-refractivity contribution < 1.29 is 27.6 Å². The first-order valence-corrected chi connectivity index (χ1v) is 10.1. The molecule has 0 radical (unpaired) electrons. The molecule has 7 nitrogen and oxygen atoms in total. The van der Waals surface area contributed by atoms with Crippen molar-refractivity contribution in [3.8, 4) is 0 Å². The molecular formula is C22H23F3N4O3. The first kappa shape index (κ1) is 23.1. The maximum Gasteiger partial charge on any atom is 0.416 e. The second kappa shape index (κ2) is 9.71. The minimum Gasteiger partial charge on any atom is -0.341 e. The van der Waals surface area contributed by atoms with Gasteiger partial charge in [-0.15, -0.1) is 0 Å². The molecule has 3 N–H and O–H groups in total. The first-order valence-electron chi connectivity index (χ1n) is 10.1. The van der Waals surface area contributed by atoms with Crippen molar-refractivity contribution in [3.05, 3.63) is 59.7 Å². The summed E-state index contributed by atoms with van der Waals surface area (Å²) in [6, 6.07) is 9.57. The fourth-order valence-electron chi connectivity index (χ4n) is 3.38. The molecule has 0 spiro atoms. The molecule has 1 heterocycles. The Bertz CT molecular complexity index is 1010. The molecule has 170 valence electrons. The molecule has 0 unspecified atom stereocenters. The SMILES string of the molecule is C[C@@H](CN1CCCC1=O)NC(=O)Nc1cccc(C(=O)Nc2cccc(C(F)(F)F)c2)c1. The molecule has 0 saturated carbocycles. The molecule has 0 aromatic heterocycles. The molecule has 10 heteroatoms. The summed E-state index contributed by atoms with van der Waals surface area (Å²) in [7, 11) is 0. The van der Waals surface area contributed by atoms with Gasteiger partial charge in [0.25, 0.3) is 5.91 Å². The quantitative estimate of drug-likeness (QED) is 0.622. The fourth-order valence-corrected chi connectivity index (χ4v) is 3.38. The molecule has 4 amide bonds. The van der Waals surface area contributed by atoms with Crippen molar-refractivity contribution in [2.75, 3.05) is 23.7 Å². The van der Waals surface area contributed by atoms with Crippen molar-refractivity contribution in [3.63, 3.8) is 0 Å². The van der Waals surface area contributed by atoms with E-state index in [1.54, 1.807) is 24.0 Å². The third-order valence-electron chi connectivity index (χ3n) is 4.87. The van der Waals surface area contributed by atoms with Crippen LogP contribution in [0.2, 0.25) is 0 Å². The van der Waals surface area contributed by atoms with Gasteiger partial charge >= 0.3 is 12.2 Å². The summed E-state index contributed by atoms with van der Waals surface area (Å²) in [5, 5.41) is 7.77. The van der Waals surface area contributed by atoms with Crippen molar-refractivity contribution in [2.45, 2.75) is 32.0 Å². The zero-order valence-corrected chi connectivity index (χ0v) is 17.3. The van der Waals surface area contributed by atoms with Crippen molar-refractivity contribution >= 4 is 29.2 Å². The van der Waals surface area contributed by atoms with Gasteiger partial charge in [0.2, 0.25) is 5.91 Å². The number of nitrogens with zero attached hydrogens (tertiary/aromatic N) is 1. The van der Waals surface area contributed by atoms with E-state index in [0.717, 1.165) is 18.6 Å². The Morgan fingerprint density at radius 2 is 1.75 bits per heavy atom. The molecule has 1 atom stereocenters. The van der Waals surface area contributed by atoms with Crippen LogP contribution in [0.3, 0.4) is 0 Å². The van der Waals surface area contributed by atoms with Gasteiger partial charge in [0, 0.05) is 42.5 Å². The Labute approximate surface area is 183 Å². The molecule has 1 saturated heterocycles. The maximum absolute atomic E-state index is 12.8. The van der Waals surface area contributed by atoms with E-state index >= 15 is 0 Å². The molecule has 0 aliphatic carbocycles. The average molecular weight is 448 g/mol. The number of hydrogen-bond donors (Lipinski definition) is 3. The number of alkyl halides is 3. The number of anilines is 2. The van der Waals surface area contributed by atoms with Gasteiger partial charge < -0.3 is 20.9 Å². The zero-order chi connectivity index (χ0) is 23.3. The highest BCUT2D eigenvalue weighted by atomic mass is 19.4. The Hall–Kier alpha value is -3.56. The highest BCUT2D eigenvalue weighted by Crippen LogP contribution is 2.30. The summed E-state index contributed by atoms with van der Waals surface area (Å²) < 4.78 is 38.5. The molecular weight excluding hydrogens is 425 g/mol. The van der Waals surface area contributed by atoms with E-state index in [9.17, 15) is 27.6 Å². The number of benzene rings is 2. The summed E-state index contributed by atoms with van der Waals surface area (Å²) in [4.78, 5) is 38.1. The normalized spacial score (nSPS) is 14.8. The van der Waals surface area contributed by atoms with Gasteiger partial charge in [-0.2, -0.15) is 13.2 Å². The summed E-state index contributed by atoms with van der Waals surface area (Å²) >= 11 is 0. The summed E-state index contributed by atoms with van der Waals surface area (Å²) in [5.74, 6) is -0.548. The lowest BCUT2D eigenvalue weighted by Crippen LogP contribution is -2.44. The number of nitrogens with one attached hydrogen (secondary N) is 3. The Morgan fingerprint density at radius 3 is 2.41 bits per heavy atom. The van der Waals surface area contributed by atoms with E-state index in [4.69, 9.17) is 0 Å². The van der Waals surface area contributed by atoms with Gasteiger partial charge in [0.05, 0.1) is 5.56 Å². The van der Waals surface area contributed by atoms with Crippen LogP contribution in [0, 0.1) is 0 Å². The Morgan fingerprint density at radius 1 is 1.06 bits per heavy atom. The van der Waals surface area contributed by atoms with Crippen LogP contribution in [0.15, 0.2) is 48.5 Å². The topological polar surface area (TPSA) is 90.5 Å². The molecule has 32 heavy (non-hydrogen) atoms. The third-order valence-corrected chi connectivity index (χ3v) is 4.87. The molecule has 2 aromatic rings. The lowest BCUT2D eigenvalue weighted by Gasteiger charge is -2.21. The molecule has 1 aliphatic heterocycles. The van der Waals surface area contributed by atoms with Crippen molar-refractivity contribution in [1.82, 2.24) is 10.2 Å². The number of carbonyl (C=O) groups excluding carboxylic acids is 3. The molecule has 3 rings (SSSR count). The average Bonchev–Trinajstić information content (AvgIpc) is 3.12. The monoisotopic (exact) mass is 448 g/mol. The van der Waals surface area contributed by atoms with Gasteiger partial charge in [-0.1, -0.05) is 12.1 Å². The third kappa shape index (κ3) is 6.22. The van der Waals surface area contributed by atoms with E-state index in [1.807, 2.05) is 0 Å². The smallest absolute Gasteiger partial charge is 0.341 e. The van der Waals surface area contributed by atoms with Crippen LogP contribution in [-0.4, -0.2) is 41.9 Å². The Balaban J connectivity index is 1.58. The van der Waals surface area contributed by atoms with Gasteiger partial charge in [0.1, 0.15) is 0 Å². The van der Waals surface area contributed by atoms with Crippen LogP contribution in [0.25, 0.3) is 0 Å². The van der Waals surface area contributed by atoms with Crippen LogP contribution in [0.4, 0.5) is 29.3 Å². The number of carbonyl (C=O) groups is 3. The number of amides is 4. The van der Waals surface area contributed by atoms with Gasteiger partial charge in [-0.05, 0) is 49.7 Å². The van der Waals surface area contributed by atoms with E-state index in [2.05, 4.69) is 16.0 Å². The van der Waals surface area contributed by atoms with Crippen LogP contribution >= 0.6 is 0 Å². The van der Waals surface area contributed by atoms with Crippen molar-refractivity contribution in [1.29, 1.82) is 0 Å². The van der Waals surface area contributed by atoms with E-state index in [-0.39, 0.29) is 23.2 Å². The number of hydrogen-bond acceptors (Lipinski definition) is 3. The predicted octanol–water partition coefficient (Wildman–Crippen LogP) is 4.09. The minimum absolute atomic E-state index is 0.00575. The van der Waals surface area contributed by atoms with Crippen LogP contribution in [-0.2, 0) is 11.0 Å². The lowest BCUT2D eigenvalue weighted by atomic mass is 10.1. The first-order chi connectivity index (χ1) is 15.1. The number of rotatable bonds is 6. The lowest BCUT2D eigenvalue weighted by molar-refractivity contribution is -0.137. The molecule has 1 aliphatic rings. The van der Waals surface area contributed by atoms with Crippen LogP contribution < -0.4 is 16.0 Å². The summed E-state index contributed by atoms with van der Waals surface area (Å²) in [6.45, 7) is 2.87. The standard InChI is InChI=1S/C22H23F3N4O3/c1-14(13-29-10-4-9-19(29)30)26-21(32)28-17-7-2-5-15(11-17)20(31)27-18-8-3-6-16(12-18)22(23,24)25/h2-3,5-8,11-12,14H,4,9-10,13H2,1H3,(H,27,31)(H2,26,28,32)/t14-/m0/s1. The van der Waals surface area contributed by atoms with E-state index in [0.29, 0.717) is 25.2 Å². The van der Waals surface area contributed by atoms with E-state index < -0.39 is 23.7 Å². The van der Waals surface area contributed by atoms with Gasteiger partial charge in [-0.25, -0.2) is 4.79 Å². The molecule has 0 bridgehead atoms. The zero-order valence-electron chi connectivity index (χ0n) is 17.3.